The molecule has 1 aliphatic heterocycles. The Kier molecular flexibility index (Phi) is 3.30. The molecule has 20 heavy (non-hydrogen) atoms. The molecule has 0 spiro atoms. The average Bonchev–Trinajstić information content (AvgIpc) is 3.02. The van der Waals surface area contributed by atoms with Crippen molar-refractivity contribution in [1.29, 1.82) is 0 Å². The molecule has 0 aliphatic carbocycles. The molecule has 0 aromatic carbocycles. The molecular weight excluding hydrogens is 262 g/mol. The van der Waals surface area contributed by atoms with Gasteiger partial charge in [-0.1, -0.05) is 0 Å². The predicted molar refractivity (Wildman–Crippen MR) is 69.1 cm³/mol. The summed E-state index contributed by atoms with van der Waals surface area (Å²) in [7, 11) is 0. The minimum atomic E-state index is -1.04. The second-order valence-corrected chi connectivity index (χ2v) is 4.26. The number of hydrogen-bond acceptors (Lipinski definition) is 6. The van der Waals surface area contributed by atoms with Gasteiger partial charge >= 0.3 is 5.97 Å². The number of carboxylic acids is 1. The Hall–Kier alpha value is -2.48. The van der Waals surface area contributed by atoms with Gasteiger partial charge in [0.05, 0.1) is 13.2 Å². The van der Waals surface area contributed by atoms with Gasteiger partial charge in [-0.25, -0.2) is 14.5 Å². The van der Waals surface area contributed by atoms with Gasteiger partial charge in [-0.05, 0) is 6.07 Å². The summed E-state index contributed by atoms with van der Waals surface area (Å²) in [5.41, 5.74) is 0.0859. The summed E-state index contributed by atoms with van der Waals surface area (Å²) in [5, 5.41) is 13.3. The van der Waals surface area contributed by atoms with Crippen LogP contribution < -0.4 is 4.90 Å². The number of hydrogen-bond donors (Lipinski definition) is 1. The fourth-order valence-corrected chi connectivity index (χ4v) is 2.03. The van der Waals surface area contributed by atoms with Crippen LogP contribution in [-0.4, -0.2) is 57.1 Å². The fourth-order valence-electron chi connectivity index (χ4n) is 2.03. The Bertz CT molecular complexity index is 608. The van der Waals surface area contributed by atoms with Crippen LogP contribution in [0.25, 0.3) is 5.95 Å². The van der Waals surface area contributed by atoms with E-state index in [-0.39, 0.29) is 5.56 Å². The molecule has 0 bridgehead atoms. The highest BCUT2D eigenvalue weighted by atomic mass is 16.5. The van der Waals surface area contributed by atoms with Crippen molar-refractivity contribution < 1.29 is 14.6 Å². The lowest BCUT2D eigenvalue weighted by Gasteiger charge is -2.28. The van der Waals surface area contributed by atoms with Crippen LogP contribution in [0.2, 0.25) is 0 Å². The minimum absolute atomic E-state index is 0.0859. The number of morpholine rings is 1. The maximum atomic E-state index is 11.3. The zero-order valence-electron chi connectivity index (χ0n) is 10.6. The molecule has 1 fully saturated rings. The largest absolute Gasteiger partial charge is 0.477 e. The lowest BCUT2D eigenvalue weighted by atomic mass is 10.2. The Morgan fingerprint density at radius 1 is 1.35 bits per heavy atom. The van der Waals surface area contributed by atoms with Gasteiger partial charge in [-0.3, -0.25) is 0 Å². The van der Waals surface area contributed by atoms with Crippen molar-refractivity contribution >= 4 is 11.8 Å². The molecule has 8 heteroatoms. The Labute approximate surface area is 114 Å². The van der Waals surface area contributed by atoms with E-state index in [0.29, 0.717) is 38.1 Å². The van der Waals surface area contributed by atoms with Gasteiger partial charge in [0.1, 0.15) is 11.4 Å². The van der Waals surface area contributed by atoms with Crippen molar-refractivity contribution in [3.05, 3.63) is 30.2 Å². The molecule has 0 unspecified atom stereocenters. The summed E-state index contributed by atoms with van der Waals surface area (Å²) in [5.74, 6) is -0.290. The molecular formula is C12H13N5O3. The maximum absolute atomic E-state index is 11.3. The Morgan fingerprint density at radius 2 is 2.15 bits per heavy atom. The van der Waals surface area contributed by atoms with Crippen LogP contribution in [0.4, 0.5) is 5.82 Å². The number of aromatic carboxylic acids is 1. The summed E-state index contributed by atoms with van der Waals surface area (Å²) in [6.45, 7) is 2.33. The molecule has 3 rings (SSSR count). The lowest BCUT2D eigenvalue weighted by Crippen LogP contribution is -2.38. The molecule has 2 aromatic heterocycles. The zero-order valence-corrected chi connectivity index (χ0v) is 10.6. The van der Waals surface area contributed by atoms with E-state index in [1.807, 2.05) is 4.90 Å². The first-order chi connectivity index (χ1) is 9.75. The molecule has 0 saturated carbocycles. The normalized spacial score (nSPS) is 15.3. The van der Waals surface area contributed by atoms with Crippen molar-refractivity contribution in [2.75, 3.05) is 31.2 Å². The van der Waals surface area contributed by atoms with E-state index in [1.54, 1.807) is 18.5 Å². The molecule has 0 amide bonds. The molecule has 0 radical (unpaired) electrons. The SMILES string of the molecule is O=C(O)c1cnc(-n2cccn2)nc1N1CCOCC1. The van der Waals surface area contributed by atoms with Crippen LogP contribution in [-0.2, 0) is 4.74 Å². The van der Waals surface area contributed by atoms with E-state index in [9.17, 15) is 9.90 Å². The highest BCUT2D eigenvalue weighted by Gasteiger charge is 2.21. The van der Waals surface area contributed by atoms with Crippen molar-refractivity contribution in [2.24, 2.45) is 0 Å². The van der Waals surface area contributed by atoms with Crippen LogP contribution in [0.3, 0.4) is 0 Å². The first-order valence-corrected chi connectivity index (χ1v) is 6.19. The van der Waals surface area contributed by atoms with Crippen LogP contribution in [0.15, 0.2) is 24.7 Å². The van der Waals surface area contributed by atoms with Gasteiger partial charge in [0.15, 0.2) is 0 Å². The van der Waals surface area contributed by atoms with E-state index >= 15 is 0 Å². The van der Waals surface area contributed by atoms with Gasteiger partial charge in [0.25, 0.3) is 5.95 Å². The number of carbonyl (C=O) groups is 1. The molecule has 1 aliphatic rings. The van der Waals surface area contributed by atoms with E-state index < -0.39 is 5.97 Å². The third-order valence-electron chi connectivity index (χ3n) is 3.01. The van der Waals surface area contributed by atoms with Gasteiger partial charge in [-0.15, -0.1) is 0 Å². The third kappa shape index (κ3) is 2.32. The third-order valence-corrected chi connectivity index (χ3v) is 3.01. The van der Waals surface area contributed by atoms with Crippen LogP contribution >= 0.6 is 0 Å². The maximum Gasteiger partial charge on any atom is 0.341 e. The molecule has 104 valence electrons. The topological polar surface area (TPSA) is 93.4 Å². The van der Waals surface area contributed by atoms with Crippen molar-refractivity contribution in [2.45, 2.75) is 0 Å². The predicted octanol–water partition coefficient (Wildman–Crippen LogP) is 0.197. The molecule has 3 heterocycles. The van der Waals surface area contributed by atoms with Crippen LogP contribution in [0, 0.1) is 0 Å². The number of aromatic nitrogens is 4. The minimum Gasteiger partial charge on any atom is -0.477 e. The van der Waals surface area contributed by atoms with Gasteiger partial charge in [0.2, 0.25) is 0 Å². The van der Waals surface area contributed by atoms with Crippen molar-refractivity contribution in [3.8, 4) is 5.95 Å². The molecule has 0 atom stereocenters. The van der Waals surface area contributed by atoms with E-state index in [4.69, 9.17) is 4.74 Å². The molecule has 2 aromatic rings. The van der Waals surface area contributed by atoms with Crippen molar-refractivity contribution in [3.63, 3.8) is 0 Å². The van der Waals surface area contributed by atoms with Gasteiger partial charge in [-0.2, -0.15) is 10.1 Å². The summed E-state index contributed by atoms with van der Waals surface area (Å²) in [6.07, 6.45) is 4.64. The lowest BCUT2D eigenvalue weighted by molar-refractivity contribution is 0.0695. The Balaban J connectivity index is 2.03. The quantitative estimate of drug-likeness (QED) is 0.855. The molecule has 1 N–H and O–H groups in total. The highest BCUT2D eigenvalue weighted by Crippen LogP contribution is 2.19. The monoisotopic (exact) mass is 275 g/mol. The highest BCUT2D eigenvalue weighted by molar-refractivity contribution is 5.93. The van der Waals surface area contributed by atoms with Crippen LogP contribution in [0.1, 0.15) is 10.4 Å². The first-order valence-electron chi connectivity index (χ1n) is 6.19. The fraction of sp³-hybridized carbons (Fsp3) is 0.333. The van der Waals surface area contributed by atoms with E-state index in [1.165, 1.54) is 10.9 Å². The number of anilines is 1. The summed E-state index contributed by atoms with van der Waals surface area (Å²) >= 11 is 0. The van der Waals surface area contributed by atoms with Gasteiger partial charge in [0, 0.05) is 31.7 Å². The van der Waals surface area contributed by atoms with Crippen molar-refractivity contribution in [1.82, 2.24) is 19.7 Å². The molecule has 8 nitrogen and oxygen atoms in total. The number of rotatable bonds is 3. The van der Waals surface area contributed by atoms with Crippen LogP contribution in [0.5, 0.6) is 0 Å². The number of ether oxygens (including phenoxy) is 1. The Morgan fingerprint density at radius 3 is 2.80 bits per heavy atom. The number of carboxylic acid groups (broad SMARTS) is 1. The second kappa shape index (κ2) is 5.25. The standard InChI is InChI=1S/C12H13N5O3/c18-11(19)9-8-13-12(17-3-1-2-14-17)15-10(9)16-4-6-20-7-5-16/h1-3,8H,4-7H2,(H,18,19). The first kappa shape index (κ1) is 12.5. The van der Waals surface area contributed by atoms with Gasteiger partial charge < -0.3 is 14.7 Å². The van der Waals surface area contributed by atoms with E-state index in [2.05, 4.69) is 15.1 Å². The zero-order chi connectivity index (χ0) is 13.9. The average molecular weight is 275 g/mol. The summed E-state index contributed by atoms with van der Waals surface area (Å²) in [4.78, 5) is 21.6. The molecule has 1 saturated heterocycles. The summed E-state index contributed by atoms with van der Waals surface area (Å²) < 4.78 is 6.77. The van der Waals surface area contributed by atoms with E-state index in [0.717, 1.165) is 0 Å². The smallest absolute Gasteiger partial charge is 0.341 e. The number of nitrogens with zero attached hydrogens (tertiary/aromatic N) is 5. The second-order valence-electron chi connectivity index (χ2n) is 4.26. The summed E-state index contributed by atoms with van der Waals surface area (Å²) in [6, 6.07) is 1.75.